The van der Waals surface area contributed by atoms with E-state index in [1.54, 1.807) is 12.7 Å². The van der Waals surface area contributed by atoms with E-state index in [4.69, 9.17) is 5.73 Å². The molecule has 9 heteroatoms. The maximum absolute atomic E-state index is 11.0. The molecule has 0 radical (unpaired) electrons. The molecular formula is C16H22N8O. The van der Waals surface area contributed by atoms with E-state index in [2.05, 4.69) is 29.8 Å². The van der Waals surface area contributed by atoms with Crippen LogP contribution in [0.25, 0.3) is 11.2 Å². The van der Waals surface area contributed by atoms with Crippen LogP contribution in [0.3, 0.4) is 0 Å². The summed E-state index contributed by atoms with van der Waals surface area (Å²) >= 11 is 0. The van der Waals surface area contributed by atoms with Crippen LogP contribution in [0.4, 0.5) is 5.82 Å². The number of nitrogens with two attached hydrogens (primary N) is 1. The summed E-state index contributed by atoms with van der Waals surface area (Å²) in [5, 5.41) is 11.0. The summed E-state index contributed by atoms with van der Waals surface area (Å²) in [7, 11) is 0. The average Bonchev–Trinajstić information content (AvgIpc) is 3.17. The van der Waals surface area contributed by atoms with E-state index in [9.17, 15) is 5.11 Å². The topological polar surface area (TPSA) is 122 Å². The number of nitrogens with zero attached hydrogens (tertiary/aromatic N) is 6. The van der Waals surface area contributed by atoms with Crippen molar-refractivity contribution < 1.29 is 5.11 Å². The molecule has 1 aliphatic heterocycles. The molecule has 132 valence electrons. The van der Waals surface area contributed by atoms with E-state index in [1.165, 1.54) is 6.33 Å². The quantitative estimate of drug-likeness (QED) is 0.638. The Kier molecular flexibility index (Phi) is 3.69. The molecule has 0 amide bonds. The summed E-state index contributed by atoms with van der Waals surface area (Å²) in [6, 6.07) is -0.181. The van der Waals surface area contributed by atoms with Crippen molar-refractivity contribution in [2.75, 3.05) is 18.8 Å². The Morgan fingerprint density at radius 1 is 1.36 bits per heavy atom. The molecule has 0 spiro atoms. The molecule has 3 aromatic heterocycles. The van der Waals surface area contributed by atoms with Gasteiger partial charge < -0.3 is 20.4 Å². The van der Waals surface area contributed by atoms with Crippen LogP contribution in [-0.2, 0) is 6.54 Å². The molecule has 3 aromatic rings. The van der Waals surface area contributed by atoms with E-state index in [0.29, 0.717) is 29.9 Å². The van der Waals surface area contributed by atoms with Gasteiger partial charge in [0, 0.05) is 25.3 Å². The molecule has 0 saturated carbocycles. The van der Waals surface area contributed by atoms with E-state index in [-0.39, 0.29) is 6.04 Å². The molecule has 1 aliphatic rings. The summed E-state index contributed by atoms with van der Waals surface area (Å²) in [4.78, 5) is 22.4. The third-order valence-corrected chi connectivity index (χ3v) is 5.11. The van der Waals surface area contributed by atoms with Gasteiger partial charge in [-0.1, -0.05) is 0 Å². The number of aromatic nitrogens is 6. The molecular weight excluding hydrogens is 320 g/mol. The third kappa shape index (κ3) is 2.75. The van der Waals surface area contributed by atoms with Crippen molar-refractivity contribution in [2.24, 2.45) is 0 Å². The van der Waals surface area contributed by atoms with Gasteiger partial charge >= 0.3 is 0 Å². The summed E-state index contributed by atoms with van der Waals surface area (Å²) in [6.07, 6.45) is 5.49. The Labute approximate surface area is 144 Å². The standard InChI is InChI=1S/C16H22N8O/c1-10-11(19-7-18-10)5-23-4-3-16(2,25)12(6-23)24-9-22-13-14(17)20-8-21-15(13)24/h7-9,12,25H,3-6H2,1-2H3,(H,18,19)(H2,17,20,21)/t12-,16-/m1/s1. The normalized spacial score (nSPS) is 24.8. The number of hydrogen-bond donors (Lipinski definition) is 3. The maximum atomic E-state index is 11.0. The number of aryl methyl sites for hydroxylation is 1. The zero-order valence-corrected chi connectivity index (χ0v) is 14.3. The SMILES string of the molecule is Cc1[nH]cnc1CN1CC[C@@](C)(O)[C@H](n2cnc3c(N)ncnc32)C1. The maximum Gasteiger partial charge on any atom is 0.165 e. The first-order valence-corrected chi connectivity index (χ1v) is 8.32. The van der Waals surface area contributed by atoms with Crippen molar-refractivity contribution in [1.29, 1.82) is 0 Å². The van der Waals surface area contributed by atoms with Crippen LogP contribution in [0, 0.1) is 6.92 Å². The van der Waals surface area contributed by atoms with Crippen LogP contribution in [0.1, 0.15) is 30.8 Å². The number of nitrogen functional groups attached to an aromatic ring is 1. The molecule has 4 N–H and O–H groups in total. The average molecular weight is 342 g/mol. The predicted octanol–water partition coefficient (Wildman–Crippen LogP) is 0.638. The Bertz CT molecular complexity index is 899. The van der Waals surface area contributed by atoms with Crippen molar-refractivity contribution in [2.45, 2.75) is 38.5 Å². The molecule has 4 heterocycles. The molecule has 2 atom stereocenters. The molecule has 4 rings (SSSR count). The number of aromatic amines is 1. The lowest BCUT2D eigenvalue weighted by molar-refractivity contribution is -0.0518. The molecule has 0 unspecified atom stereocenters. The van der Waals surface area contributed by atoms with E-state index in [1.807, 2.05) is 18.4 Å². The van der Waals surface area contributed by atoms with Crippen molar-refractivity contribution >= 4 is 17.0 Å². The molecule has 0 bridgehead atoms. The van der Waals surface area contributed by atoms with Crippen LogP contribution in [-0.4, -0.2) is 58.2 Å². The number of rotatable bonds is 3. The van der Waals surface area contributed by atoms with E-state index in [0.717, 1.165) is 24.5 Å². The summed E-state index contributed by atoms with van der Waals surface area (Å²) in [6.45, 7) is 6.11. The molecule has 1 fully saturated rings. The fourth-order valence-electron chi connectivity index (χ4n) is 3.47. The van der Waals surface area contributed by atoms with Crippen LogP contribution >= 0.6 is 0 Å². The highest BCUT2D eigenvalue weighted by Crippen LogP contribution is 2.34. The van der Waals surface area contributed by atoms with Crippen molar-refractivity contribution in [1.82, 2.24) is 34.4 Å². The van der Waals surface area contributed by atoms with E-state index >= 15 is 0 Å². The minimum atomic E-state index is -0.857. The van der Waals surface area contributed by atoms with E-state index < -0.39 is 5.60 Å². The zero-order valence-electron chi connectivity index (χ0n) is 14.3. The van der Waals surface area contributed by atoms with Crippen LogP contribution in [0.15, 0.2) is 19.0 Å². The van der Waals surface area contributed by atoms with Gasteiger partial charge in [-0.2, -0.15) is 0 Å². The highest BCUT2D eigenvalue weighted by molar-refractivity contribution is 5.81. The third-order valence-electron chi connectivity index (χ3n) is 5.11. The number of imidazole rings is 2. The van der Waals surface area contributed by atoms with Gasteiger partial charge in [-0.3, -0.25) is 4.90 Å². The first-order valence-electron chi connectivity index (χ1n) is 8.32. The number of likely N-dealkylation sites (tertiary alicyclic amines) is 1. The minimum absolute atomic E-state index is 0.181. The Balaban J connectivity index is 1.65. The lowest BCUT2D eigenvalue weighted by atomic mass is 9.88. The fraction of sp³-hybridized carbons (Fsp3) is 0.500. The van der Waals surface area contributed by atoms with Crippen LogP contribution < -0.4 is 5.73 Å². The lowest BCUT2D eigenvalue weighted by Gasteiger charge is -2.43. The molecule has 9 nitrogen and oxygen atoms in total. The van der Waals surface area contributed by atoms with Crippen LogP contribution in [0.5, 0.6) is 0 Å². The van der Waals surface area contributed by atoms with Gasteiger partial charge in [0.15, 0.2) is 11.5 Å². The summed E-state index contributed by atoms with van der Waals surface area (Å²) < 4.78 is 1.91. The Morgan fingerprint density at radius 2 is 2.20 bits per heavy atom. The van der Waals surface area contributed by atoms with Gasteiger partial charge in [-0.25, -0.2) is 19.9 Å². The smallest absolute Gasteiger partial charge is 0.165 e. The first-order chi connectivity index (χ1) is 12.0. The van der Waals surface area contributed by atoms with Crippen molar-refractivity contribution in [3.05, 3.63) is 30.4 Å². The predicted molar refractivity (Wildman–Crippen MR) is 92.6 cm³/mol. The van der Waals surface area contributed by atoms with Gasteiger partial charge in [-0.15, -0.1) is 0 Å². The van der Waals surface area contributed by atoms with Gasteiger partial charge in [-0.05, 0) is 20.3 Å². The van der Waals surface area contributed by atoms with Gasteiger partial charge in [0.05, 0.1) is 30.0 Å². The number of H-pyrrole nitrogens is 1. The van der Waals surface area contributed by atoms with Gasteiger partial charge in [0.1, 0.15) is 11.8 Å². The Hall–Kier alpha value is -2.52. The van der Waals surface area contributed by atoms with Crippen molar-refractivity contribution in [3.8, 4) is 0 Å². The highest BCUT2D eigenvalue weighted by Gasteiger charge is 2.39. The molecule has 25 heavy (non-hydrogen) atoms. The number of hydrogen-bond acceptors (Lipinski definition) is 7. The fourth-order valence-corrected chi connectivity index (χ4v) is 3.47. The van der Waals surface area contributed by atoms with Gasteiger partial charge in [0.2, 0.25) is 0 Å². The van der Waals surface area contributed by atoms with Crippen LogP contribution in [0.2, 0.25) is 0 Å². The molecule has 0 aromatic carbocycles. The lowest BCUT2D eigenvalue weighted by Crippen LogP contribution is -2.50. The van der Waals surface area contributed by atoms with Gasteiger partial charge in [0.25, 0.3) is 0 Å². The summed E-state index contributed by atoms with van der Waals surface area (Å²) in [5.74, 6) is 0.350. The number of fused-ring (bicyclic) bond motifs is 1. The monoisotopic (exact) mass is 342 g/mol. The highest BCUT2D eigenvalue weighted by atomic mass is 16.3. The largest absolute Gasteiger partial charge is 0.388 e. The number of aliphatic hydroxyl groups is 1. The number of anilines is 1. The second kappa shape index (κ2) is 5.78. The summed E-state index contributed by atoms with van der Waals surface area (Å²) in [5.41, 5.74) is 8.35. The molecule has 0 aliphatic carbocycles. The number of piperidine rings is 1. The first kappa shape index (κ1) is 16.0. The Morgan fingerprint density at radius 3 is 2.96 bits per heavy atom. The second-order valence-corrected chi connectivity index (χ2v) is 6.92. The minimum Gasteiger partial charge on any atom is -0.388 e. The number of nitrogens with one attached hydrogen (secondary N) is 1. The second-order valence-electron chi connectivity index (χ2n) is 6.92. The van der Waals surface area contributed by atoms with Crippen molar-refractivity contribution in [3.63, 3.8) is 0 Å². The molecule has 1 saturated heterocycles. The zero-order chi connectivity index (χ0) is 17.6.